The average molecular weight is 283 g/mol. The van der Waals surface area contributed by atoms with E-state index in [2.05, 4.69) is 10.3 Å². The van der Waals surface area contributed by atoms with E-state index in [1.807, 2.05) is 20.8 Å². The van der Waals surface area contributed by atoms with Crippen LogP contribution in [0.15, 0.2) is 4.99 Å². The number of carbonyl (C=O) groups is 2. The molecule has 2 rings (SSSR count). The van der Waals surface area contributed by atoms with Gasteiger partial charge in [0.1, 0.15) is 5.60 Å². The molecule has 0 aromatic rings. The second-order valence-corrected chi connectivity index (χ2v) is 5.90. The Hall–Kier alpha value is -1.79. The van der Waals surface area contributed by atoms with Gasteiger partial charge in [-0.25, -0.2) is 9.59 Å². The number of hydrogen-bond acceptors (Lipinski definition) is 6. The zero-order valence-corrected chi connectivity index (χ0v) is 12.3. The molecule has 0 aromatic carbocycles. The van der Waals surface area contributed by atoms with Crippen LogP contribution in [0, 0.1) is 0 Å². The molecule has 0 aromatic heterocycles. The van der Waals surface area contributed by atoms with E-state index >= 15 is 0 Å². The summed E-state index contributed by atoms with van der Waals surface area (Å²) in [7, 11) is 0. The Balaban J connectivity index is 1.92. The number of esters is 1. The Morgan fingerprint density at radius 1 is 1.40 bits per heavy atom. The van der Waals surface area contributed by atoms with Crippen molar-refractivity contribution in [3.63, 3.8) is 0 Å². The molecule has 1 N–H and O–H groups in total. The first-order valence-electron chi connectivity index (χ1n) is 6.79. The van der Waals surface area contributed by atoms with E-state index in [0.717, 1.165) is 0 Å². The summed E-state index contributed by atoms with van der Waals surface area (Å²) in [5, 5.41) is 3.01. The molecule has 0 bridgehead atoms. The zero-order valence-electron chi connectivity index (χ0n) is 12.3. The third kappa shape index (κ3) is 3.20. The number of ether oxygens (including phenoxy) is 2. The van der Waals surface area contributed by atoms with Crippen molar-refractivity contribution in [3.8, 4) is 0 Å². The maximum Gasteiger partial charge on any atom is 0.410 e. The van der Waals surface area contributed by atoms with E-state index in [1.165, 1.54) is 0 Å². The van der Waals surface area contributed by atoms with Crippen LogP contribution < -0.4 is 5.32 Å². The lowest BCUT2D eigenvalue weighted by molar-refractivity contribution is -0.135. The molecule has 0 radical (unpaired) electrons. The molecule has 2 heterocycles. The summed E-state index contributed by atoms with van der Waals surface area (Å²) in [4.78, 5) is 29.4. The number of nitrogens with zero attached hydrogens (tertiary/aromatic N) is 2. The van der Waals surface area contributed by atoms with Gasteiger partial charge in [0.25, 0.3) is 0 Å². The number of nitrogens with one attached hydrogen (secondary N) is 1. The standard InChI is InChI=1S/C13H21N3O4/c1-5-19-11(17)10-14-8-6-16(7-9(8)15-10)12(18)20-13(2,3)4/h8-9H,5-7H2,1-4H3,(H,14,15). The lowest BCUT2D eigenvalue weighted by Gasteiger charge is -2.24. The van der Waals surface area contributed by atoms with E-state index in [0.29, 0.717) is 19.7 Å². The monoisotopic (exact) mass is 283 g/mol. The normalized spacial score (nSPS) is 24.8. The predicted molar refractivity (Wildman–Crippen MR) is 72.6 cm³/mol. The van der Waals surface area contributed by atoms with Gasteiger partial charge in [0.15, 0.2) is 0 Å². The predicted octanol–water partition coefficient (Wildman–Crippen LogP) is 0.539. The van der Waals surface area contributed by atoms with Crippen molar-refractivity contribution in [2.24, 2.45) is 4.99 Å². The van der Waals surface area contributed by atoms with Gasteiger partial charge in [0.2, 0.25) is 5.84 Å². The van der Waals surface area contributed by atoms with Crippen molar-refractivity contribution in [3.05, 3.63) is 0 Å². The lowest BCUT2D eigenvalue weighted by atomic mass is 10.2. The van der Waals surface area contributed by atoms with Crippen molar-refractivity contribution >= 4 is 17.9 Å². The molecule has 1 fully saturated rings. The van der Waals surface area contributed by atoms with Crippen molar-refractivity contribution in [2.45, 2.75) is 45.4 Å². The highest BCUT2D eigenvalue weighted by Gasteiger charge is 2.42. The quantitative estimate of drug-likeness (QED) is 0.748. The Kier molecular flexibility index (Phi) is 3.87. The average Bonchev–Trinajstić information content (AvgIpc) is 2.83. The number of likely N-dealkylation sites (tertiary alicyclic amines) is 1. The Morgan fingerprint density at radius 3 is 2.65 bits per heavy atom. The smallest absolute Gasteiger partial charge is 0.410 e. The van der Waals surface area contributed by atoms with Gasteiger partial charge in [-0.15, -0.1) is 0 Å². The number of rotatable bonds is 2. The first-order valence-corrected chi connectivity index (χ1v) is 6.79. The summed E-state index contributed by atoms with van der Waals surface area (Å²) in [5.74, 6) is -0.184. The van der Waals surface area contributed by atoms with Gasteiger partial charge in [-0.3, -0.25) is 4.99 Å². The third-order valence-electron chi connectivity index (χ3n) is 3.03. The third-order valence-corrected chi connectivity index (χ3v) is 3.03. The van der Waals surface area contributed by atoms with Gasteiger partial charge in [-0.1, -0.05) is 0 Å². The highest BCUT2D eigenvalue weighted by molar-refractivity contribution is 6.36. The number of amides is 1. The fraction of sp³-hybridized carbons (Fsp3) is 0.769. The SMILES string of the molecule is CCOC(=O)C1=NC2CN(C(=O)OC(C)(C)C)CC2N1. The molecule has 2 aliphatic rings. The van der Waals surface area contributed by atoms with Crippen LogP contribution in [0.5, 0.6) is 0 Å². The first kappa shape index (κ1) is 14.6. The molecule has 1 amide bonds. The van der Waals surface area contributed by atoms with Crippen LogP contribution in [0.1, 0.15) is 27.7 Å². The Bertz CT molecular complexity index is 441. The van der Waals surface area contributed by atoms with Crippen molar-refractivity contribution in [1.29, 1.82) is 0 Å². The van der Waals surface area contributed by atoms with Crippen LogP contribution in [0.25, 0.3) is 0 Å². The van der Waals surface area contributed by atoms with Gasteiger partial charge < -0.3 is 19.7 Å². The molecule has 0 saturated carbocycles. The Morgan fingerprint density at radius 2 is 2.10 bits per heavy atom. The van der Waals surface area contributed by atoms with E-state index in [9.17, 15) is 9.59 Å². The van der Waals surface area contributed by atoms with Crippen LogP contribution in [0.2, 0.25) is 0 Å². The molecule has 7 heteroatoms. The summed E-state index contributed by atoms with van der Waals surface area (Å²) in [6.45, 7) is 8.49. The largest absolute Gasteiger partial charge is 0.460 e. The molecule has 0 aliphatic carbocycles. The van der Waals surface area contributed by atoms with Gasteiger partial charge >= 0.3 is 12.1 Å². The first-order chi connectivity index (χ1) is 9.30. The maximum atomic E-state index is 11.9. The second-order valence-electron chi connectivity index (χ2n) is 5.90. The van der Waals surface area contributed by atoms with E-state index < -0.39 is 11.6 Å². The second kappa shape index (κ2) is 5.30. The van der Waals surface area contributed by atoms with Crippen LogP contribution in [0.4, 0.5) is 4.79 Å². The lowest BCUT2D eigenvalue weighted by Crippen LogP contribution is -2.41. The number of amidine groups is 1. The number of hydrogen-bond donors (Lipinski definition) is 1. The summed E-state index contributed by atoms with van der Waals surface area (Å²) in [6.07, 6.45) is -0.346. The van der Waals surface area contributed by atoms with Gasteiger partial charge in [-0.05, 0) is 27.7 Å². The van der Waals surface area contributed by atoms with Gasteiger partial charge in [-0.2, -0.15) is 0 Å². The van der Waals surface area contributed by atoms with Crippen LogP contribution in [0.3, 0.4) is 0 Å². The molecule has 2 unspecified atom stereocenters. The van der Waals surface area contributed by atoms with Gasteiger partial charge in [0.05, 0.1) is 18.7 Å². The Labute approximate surface area is 118 Å². The fourth-order valence-electron chi connectivity index (χ4n) is 2.22. The molecule has 7 nitrogen and oxygen atoms in total. The zero-order chi connectivity index (χ0) is 14.9. The summed E-state index contributed by atoms with van der Waals surface area (Å²) < 4.78 is 10.2. The highest BCUT2D eigenvalue weighted by atomic mass is 16.6. The topological polar surface area (TPSA) is 80.2 Å². The minimum Gasteiger partial charge on any atom is -0.460 e. The summed E-state index contributed by atoms with van der Waals surface area (Å²) >= 11 is 0. The minimum absolute atomic E-state index is 0.0399. The molecule has 20 heavy (non-hydrogen) atoms. The number of carbonyl (C=O) groups excluding carboxylic acids is 2. The van der Waals surface area contributed by atoms with Crippen LogP contribution in [-0.4, -0.2) is 60.2 Å². The molecule has 112 valence electrons. The molecule has 1 saturated heterocycles. The van der Waals surface area contributed by atoms with Crippen LogP contribution in [-0.2, 0) is 14.3 Å². The van der Waals surface area contributed by atoms with E-state index in [4.69, 9.17) is 9.47 Å². The van der Waals surface area contributed by atoms with Crippen LogP contribution >= 0.6 is 0 Å². The molecular formula is C13H21N3O4. The van der Waals surface area contributed by atoms with Crippen molar-refractivity contribution in [1.82, 2.24) is 10.2 Å². The van der Waals surface area contributed by atoms with E-state index in [1.54, 1.807) is 11.8 Å². The van der Waals surface area contributed by atoms with E-state index in [-0.39, 0.29) is 24.0 Å². The summed E-state index contributed by atoms with van der Waals surface area (Å²) in [6, 6.07) is -0.149. The summed E-state index contributed by atoms with van der Waals surface area (Å²) in [5.41, 5.74) is -0.512. The maximum absolute atomic E-state index is 11.9. The van der Waals surface area contributed by atoms with Crippen molar-refractivity contribution in [2.75, 3.05) is 19.7 Å². The molecular weight excluding hydrogens is 262 g/mol. The fourth-order valence-corrected chi connectivity index (χ4v) is 2.22. The molecule has 0 spiro atoms. The minimum atomic E-state index is -0.512. The van der Waals surface area contributed by atoms with Gasteiger partial charge in [0, 0.05) is 13.1 Å². The number of fused-ring (bicyclic) bond motifs is 1. The highest BCUT2D eigenvalue weighted by Crippen LogP contribution is 2.21. The number of aliphatic imine (C=N–C) groups is 1. The molecule has 2 aliphatic heterocycles. The molecule has 2 atom stereocenters. The van der Waals surface area contributed by atoms with Crippen molar-refractivity contribution < 1.29 is 19.1 Å².